The molecule has 0 saturated carbocycles. The lowest BCUT2D eigenvalue weighted by Crippen LogP contribution is -2.44. The van der Waals surface area contributed by atoms with E-state index in [0.29, 0.717) is 11.6 Å². The van der Waals surface area contributed by atoms with E-state index in [0.717, 1.165) is 48.9 Å². The number of nitro groups is 1. The summed E-state index contributed by atoms with van der Waals surface area (Å²) < 4.78 is 6.90. The summed E-state index contributed by atoms with van der Waals surface area (Å²) in [5, 5.41) is 22.9. The van der Waals surface area contributed by atoms with Crippen LogP contribution in [-0.2, 0) is 0 Å². The first-order chi connectivity index (χ1) is 14.0. The van der Waals surface area contributed by atoms with Crippen molar-refractivity contribution in [3.63, 3.8) is 0 Å². The number of hydrogen-bond donors (Lipinski definition) is 1. The molecule has 1 fully saturated rings. The molecule has 3 heterocycles. The molecule has 3 aromatic rings. The van der Waals surface area contributed by atoms with Crippen molar-refractivity contribution in [3.8, 4) is 5.69 Å². The van der Waals surface area contributed by atoms with Gasteiger partial charge in [-0.05, 0) is 26.0 Å². The van der Waals surface area contributed by atoms with E-state index in [1.807, 2.05) is 18.5 Å². The smallest absolute Gasteiger partial charge is 0.269 e. The Bertz CT molecular complexity index is 1050. The zero-order valence-corrected chi connectivity index (χ0v) is 16.2. The molecule has 4 rings (SSSR count). The van der Waals surface area contributed by atoms with Crippen LogP contribution in [0.3, 0.4) is 0 Å². The maximum Gasteiger partial charge on any atom is 0.269 e. The van der Waals surface area contributed by atoms with Crippen LogP contribution in [-0.4, -0.2) is 52.3 Å². The highest BCUT2D eigenvalue weighted by atomic mass is 16.6. The second-order valence-corrected chi connectivity index (χ2v) is 6.80. The highest BCUT2D eigenvalue weighted by Gasteiger charge is 2.23. The molecule has 0 bridgehead atoms. The summed E-state index contributed by atoms with van der Waals surface area (Å²) in [6.45, 7) is 7.11. The maximum atomic E-state index is 11.0. The zero-order chi connectivity index (χ0) is 20.4. The Morgan fingerprint density at radius 2 is 1.97 bits per heavy atom. The van der Waals surface area contributed by atoms with Gasteiger partial charge in [-0.25, -0.2) is 9.67 Å². The number of nitro benzene ring substituents is 1. The summed E-state index contributed by atoms with van der Waals surface area (Å²) in [5.74, 6) is 2.09. The van der Waals surface area contributed by atoms with Gasteiger partial charge in [-0.3, -0.25) is 10.1 Å². The van der Waals surface area contributed by atoms with Crippen LogP contribution >= 0.6 is 0 Å². The van der Waals surface area contributed by atoms with Crippen molar-refractivity contribution >= 4 is 23.5 Å². The first kappa shape index (κ1) is 18.8. The minimum Gasteiger partial charge on any atom is -0.359 e. The van der Waals surface area contributed by atoms with E-state index in [1.165, 1.54) is 12.1 Å². The van der Waals surface area contributed by atoms with E-state index in [-0.39, 0.29) is 5.69 Å². The fourth-order valence-electron chi connectivity index (χ4n) is 3.30. The Morgan fingerprint density at radius 3 is 2.59 bits per heavy atom. The van der Waals surface area contributed by atoms with Crippen molar-refractivity contribution in [2.75, 3.05) is 31.1 Å². The number of nitrogens with one attached hydrogen (secondary N) is 1. The summed E-state index contributed by atoms with van der Waals surface area (Å²) in [6, 6.07) is 8.15. The van der Waals surface area contributed by atoms with Crippen LogP contribution < -0.4 is 10.2 Å². The van der Waals surface area contributed by atoms with Gasteiger partial charge in [-0.2, -0.15) is 5.10 Å². The van der Waals surface area contributed by atoms with Crippen molar-refractivity contribution < 1.29 is 9.45 Å². The third-order valence-electron chi connectivity index (χ3n) is 4.74. The number of non-ortho nitro benzene ring substituents is 1. The van der Waals surface area contributed by atoms with Gasteiger partial charge in [-0.15, -0.1) is 0 Å². The van der Waals surface area contributed by atoms with Crippen molar-refractivity contribution in [1.29, 1.82) is 0 Å². The average Bonchev–Trinajstić information content (AvgIpc) is 3.29. The molecular formula is C19H21N7O3. The molecule has 10 nitrogen and oxygen atoms in total. The number of piperazine rings is 1. The van der Waals surface area contributed by atoms with Gasteiger partial charge < -0.3 is 14.7 Å². The van der Waals surface area contributed by atoms with Crippen molar-refractivity contribution in [3.05, 3.63) is 57.5 Å². The van der Waals surface area contributed by atoms with Crippen LogP contribution in [0.2, 0.25) is 0 Å². The van der Waals surface area contributed by atoms with Crippen LogP contribution in [0.5, 0.6) is 0 Å². The predicted octanol–water partition coefficient (Wildman–Crippen LogP) is 2.55. The molecule has 1 aromatic carbocycles. The SMILES string of the molecule is Cc1cc(N=Cc2c(C)nn(-c3ccc([N+](=O)[O-])cc3)c2N2CCNCC2)no1. The van der Waals surface area contributed by atoms with Crippen LogP contribution in [0.4, 0.5) is 17.3 Å². The lowest BCUT2D eigenvalue weighted by molar-refractivity contribution is -0.384. The van der Waals surface area contributed by atoms with E-state index in [1.54, 1.807) is 24.4 Å². The van der Waals surface area contributed by atoms with Gasteiger partial charge in [0.1, 0.15) is 11.6 Å². The number of nitrogens with zero attached hydrogens (tertiary/aromatic N) is 6. The molecule has 0 radical (unpaired) electrons. The number of benzene rings is 1. The molecule has 0 aliphatic carbocycles. The molecule has 2 aromatic heterocycles. The van der Waals surface area contributed by atoms with Crippen LogP contribution in [0, 0.1) is 24.0 Å². The minimum atomic E-state index is -0.409. The van der Waals surface area contributed by atoms with Gasteiger partial charge in [0, 0.05) is 50.6 Å². The molecule has 0 amide bonds. The van der Waals surface area contributed by atoms with E-state index in [2.05, 4.69) is 20.4 Å². The van der Waals surface area contributed by atoms with E-state index in [9.17, 15) is 10.1 Å². The normalized spacial score (nSPS) is 14.6. The van der Waals surface area contributed by atoms with E-state index >= 15 is 0 Å². The van der Waals surface area contributed by atoms with Crippen molar-refractivity contribution in [1.82, 2.24) is 20.3 Å². The molecule has 1 saturated heterocycles. The van der Waals surface area contributed by atoms with Crippen LogP contribution in [0.15, 0.2) is 39.8 Å². The first-order valence-electron chi connectivity index (χ1n) is 9.30. The van der Waals surface area contributed by atoms with E-state index < -0.39 is 4.92 Å². The van der Waals surface area contributed by atoms with E-state index in [4.69, 9.17) is 9.62 Å². The summed E-state index contributed by atoms with van der Waals surface area (Å²) in [5.41, 5.74) is 2.49. The highest BCUT2D eigenvalue weighted by Crippen LogP contribution is 2.28. The zero-order valence-electron chi connectivity index (χ0n) is 16.2. The summed E-state index contributed by atoms with van der Waals surface area (Å²) in [4.78, 5) is 17.3. The molecule has 1 aliphatic heterocycles. The number of aliphatic imine (C=N–C) groups is 1. The number of hydrogen-bond acceptors (Lipinski definition) is 8. The van der Waals surface area contributed by atoms with Gasteiger partial charge in [0.25, 0.3) is 5.69 Å². The molecule has 1 aliphatic rings. The fourth-order valence-corrected chi connectivity index (χ4v) is 3.30. The van der Waals surface area contributed by atoms with Gasteiger partial charge in [0.2, 0.25) is 0 Å². The monoisotopic (exact) mass is 395 g/mol. The standard InChI is InChI=1S/C19H21N7O3/c1-13-11-18(23-29-13)21-12-17-14(2)22-25(19(17)24-9-7-20-8-10-24)15-3-5-16(6-4-15)26(27)28/h3-6,11-12,20H,7-10H2,1-2H3. The Morgan fingerprint density at radius 1 is 1.24 bits per heavy atom. The molecule has 0 atom stereocenters. The molecule has 150 valence electrons. The molecule has 0 spiro atoms. The van der Waals surface area contributed by atoms with Gasteiger partial charge in [0.15, 0.2) is 5.82 Å². The number of anilines is 1. The second kappa shape index (κ2) is 7.84. The van der Waals surface area contributed by atoms with Gasteiger partial charge in [-0.1, -0.05) is 5.16 Å². The number of aromatic nitrogens is 3. The fraction of sp³-hybridized carbons (Fsp3) is 0.316. The molecule has 10 heteroatoms. The van der Waals surface area contributed by atoms with Crippen LogP contribution in [0.25, 0.3) is 5.69 Å². The van der Waals surface area contributed by atoms with Gasteiger partial charge in [0.05, 0.1) is 21.9 Å². The molecule has 0 unspecified atom stereocenters. The van der Waals surface area contributed by atoms with Crippen molar-refractivity contribution in [2.45, 2.75) is 13.8 Å². The first-order valence-corrected chi connectivity index (χ1v) is 9.30. The lowest BCUT2D eigenvalue weighted by atomic mass is 10.2. The quantitative estimate of drug-likeness (QED) is 0.401. The predicted molar refractivity (Wildman–Crippen MR) is 109 cm³/mol. The Hall–Kier alpha value is -3.53. The largest absolute Gasteiger partial charge is 0.359 e. The Kier molecular flexibility index (Phi) is 5.09. The summed E-state index contributed by atoms with van der Waals surface area (Å²) in [6.07, 6.45) is 1.75. The highest BCUT2D eigenvalue weighted by molar-refractivity contribution is 5.90. The summed E-state index contributed by atoms with van der Waals surface area (Å²) >= 11 is 0. The maximum absolute atomic E-state index is 11.0. The number of rotatable bonds is 5. The molecular weight excluding hydrogens is 374 g/mol. The lowest BCUT2D eigenvalue weighted by Gasteiger charge is -2.30. The minimum absolute atomic E-state index is 0.0459. The second-order valence-electron chi connectivity index (χ2n) is 6.80. The summed E-state index contributed by atoms with van der Waals surface area (Å²) in [7, 11) is 0. The Labute approximate surface area is 167 Å². The van der Waals surface area contributed by atoms with Gasteiger partial charge >= 0.3 is 0 Å². The topological polar surface area (TPSA) is 115 Å². The molecule has 1 N–H and O–H groups in total. The van der Waals surface area contributed by atoms with Crippen LogP contribution in [0.1, 0.15) is 17.0 Å². The molecule has 29 heavy (non-hydrogen) atoms. The average molecular weight is 395 g/mol. The third-order valence-corrected chi connectivity index (χ3v) is 4.74. The Balaban J connectivity index is 1.78. The third kappa shape index (κ3) is 3.87. The van der Waals surface area contributed by atoms with Crippen molar-refractivity contribution in [2.24, 2.45) is 4.99 Å². The number of aryl methyl sites for hydroxylation is 2.